The molecule has 0 aliphatic carbocycles. The number of aryl methyl sites for hydroxylation is 1. The summed E-state index contributed by atoms with van der Waals surface area (Å²) in [5.41, 5.74) is 3.04. The summed E-state index contributed by atoms with van der Waals surface area (Å²) >= 11 is 1.44. The number of carbonyl (C=O) groups is 2. The van der Waals surface area contributed by atoms with Crippen LogP contribution in [0.1, 0.15) is 12.5 Å². The van der Waals surface area contributed by atoms with Crippen LogP contribution in [0.4, 0.5) is 4.79 Å². The Bertz CT molecular complexity index is 1190. The second-order valence-corrected chi connectivity index (χ2v) is 8.45. The van der Waals surface area contributed by atoms with Crippen LogP contribution >= 0.6 is 11.8 Å². The first-order chi connectivity index (χ1) is 15.1. The van der Waals surface area contributed by atoms with Crippen LogP contribution in [0.5, 0.6) is 0 Å². The van der Waals surface area contributed by atoms with Crippen molar-refractivity contribution < 1.29 is 9.59 Å². The first-order valence-corrected chi connectivity index (χ1v) is 11.0. The number of fused-ring (bicyclic) bond motifs is 2. The Morgan fingerprint density at radius 3 is 2.58 bits per heavy atom. The van der Waals surface area contributed by atoms with Gasteiger partial charge in [-0.1, -0.05) is 42.5 Å². The molecule has 2 unspecified atom stereocenters. The molecule has 3 heterocycles. The average Bonchev–Trinajstić information content (AvgIpc) is 3.31. The van der Waals surface area contributed by atoms with Gasteiger partial charge >= 0.3 is 6.03 Å². The van der Waals surface area contributed by atoms with E-state index < -0.39 is 18.2 Å². The monoisotopic (exact) mass is 434 g/mol. The highest BCUT2D eigenvalue weighted by Crippen LogP contribution is 2.34. The van der Waals surface area contributed by atoms with E-state index in [1.54, 1.807) is 7.05 Å². The number of imide groups is 1. The second-order valence-electron chi connectivity index (χ2n) is 7.52. The molecule has 8 nitrogen and oxygen atoms in total. The zero-order chi connectivity index (χ0) is 21.5. The smallest absolute Gasteiger partial charge is 0.325 e. The van der Waals surface area contributed by atoms with E-state index in [1.807, 2.05) is 59.5 Å². The number of rotatable bonds is 4. The topological polar surface area (TPSA) is 82.8 Å². The van der Waals surface area contributed by atoms with Gasteiger partial charge in [0.25, 0.3) is 5.91 Å². The Balaban J connectivity index is 1.54. The van der Waals surface area contributed by atoms with Crippen molar-refractivity contribution >= 4 is 39.9 Å². The average molecular weight is 435 g/mol. The fraction of sp³-hybridized carbons (Fsp3) is 0.273. The minimum atomic E-state index is -0.579. The van der Waals surface area contributed by atoms with Crippen molar-refractivity contribution in [1.29, 1.82) is 0 Å². The molecule has 0 saturated carbocycles. The second kappa shape index (κ2) is 7.73. The molecule has 2 aliphatic heterocycles. The molecule has 2 aliphatic rings. The Morgan fingerprint density at radius 2 is 1.81 bits per heavy atom. The van der Waals surface area contributed by atoms with Crippen molar-refractivity contribution in [2.45, 2.75) is 37.4 Å². The summed E-state index contributed by atoms with van der Waals surface area (Å²) in [7, 11) is 1.67. The molecule has 2 atom stereocenters. The number of nitrogens with zero attached hydrogens (tertiary/aromatic N) is 5. The van der Waals surface area contributed by atoms with Crippen molar-refractivity contribution in [3.8, 4) is 0 Å². The molecule has 1 saturated heterocycles. The number of aromatic nitrogens is 2. The lowest BCUT2D eigenvalue weighted by molar-refractivity contribution is -0.127. The van der Waals surface area contributed by atoms with Gasteiger partial charge in [-0.05, 0) is 36.4 Å². The first-order valence-electron chi connectivity index (χ1n) is 10.2. The molecular weight excluding hydrogens is 412 g/mol. The number of hydrogen-bond acceptors (Lipinski definition) is 6. The number of aliphatic imine (C=N–C) groups is 1. The zero-order valence-electron chi connectivity index (χ0n) is 17.2. The van der Waals surface area contributed by atoms with Crippen LogP contribution in [0.15, 0.2) is 64.7 Å². The molecule has 9 heteroatoms. The number of benzene rings is 2. The van der Waals surface area contributed by atoms with E-state index in [2.05, 4.69) is 16.8 Å². The maximum atomic E-state index is 12.8. The SMILES string of the molecule is CCn1c(SC2=NC3C(C(=O)NC(=O)N3C)N2Cc2ccccc2)nc2ccccc21. The number of amides is 3. The minimum absolute atomic E-state index is 0.327. The van der Waals surface area contributed by atoms with Gasteiger partial charge in [-0.25, -0.2) is 14.8 Å². The molecule has 3 aromatic rings. The maximum absolute atomic E-state index is 12.8. The summed E-state index contributed by atoms with van der Waals surface area (Å²) in [4.78, 5) is 38.0. The summed E-state index contributed by atoms with van der Waals surface area (Å²) < 4.78 is 2.14. The minimum Gasteiger partial charge on any atom is -0.331 e. The number of imidazole rings is 1. The summed E-state index contributed by atoms with van der Waals surface area (Å²) in [6, 6.07) is 16.9. The first kappa shape index (κ1) is 19.6. The van der Waals surface area contributed by atoms with Crippen LogP contribution in [-0.4, -0.2) is 55.7 Å². The molecule has 2 aromatic carbocycles. The Labute approximate surface area is 183 Å². The largest absolute Gasteiger partial charge is 0.331 e. The fourth-order valence-corrected chi connectivity index (χ4v) is 5.15. The van der Waals surface area contributed by atoms with Gasteiger partial charge in [0.05, 0.1) is 11.0 Å². The van der Waals surface area contributed by atoms with Crippen LogP contribution in [0, 0.1) is 0 Å². The van der Waals surface area contributed by atoms with Gasteiger partial charge in [-0.15, -0.1) is 0 Å². The lowest BCUT2D eigenvalue weighted by Gasteiger charge is -2.36. The highest BCUT2D eigenvalue weighted by molar-refractivity contribution is 8.13. The molecular formula is C22H22N6O2S. The number of amidine groups is 1. The Kier molecular flexibility index (Phi) is 4.90. The van der Waals surface area contributed by atoms with E-state index in [1.165, 1.54) is 16.7 Å². The van der Waals surface area contributed by atoms with Crippen LogP contribution in [0.3, 0.4) is 0 Å². The van der Waals surface area contributed by atoms with E-state index in [9.17, 15) is 9.59 Å². The number of urea groups is 1. The molecule has 158 valence electrons. The fourth-order valence-electron chi connectivity index (χ4n) is 4.05. The van der Waals surface area contributed by atoms with Crippen LogP contribution in [0.2, 0.25) is 0 Å². The van der Waals surface area contributed by atoms with Crippen molar-refractivity contribution in [1.82, 2.24) is 24.7 Å². The molecule has 0 radical (unpaired) electrons. The molecule has 5 rings (SSSR count). The number of hydrogen-bond donors (Lipinski definition) is 1. The molecule has 3 amide bonds. The van der Waals surface area contributed by atoms with Gasteiger partial charge in [0.15, 0.2) is 22.5 Å². The van der Waals surface area contributed by atoms with E-state index >= 15 is 0 Å². The van der Waals surface area contributed by atoms with Crippen molar-refractivity contribution in [3.05, 3.63) is 60.2 Å². The van der Waals surface area contributed by atoms with Crippen LogP contribution in [-0.2, 0) is 17.9 Å². The number of likely N-dealkylation sites (N-methyl/N-ethyl adjacent to an activating group) is 1. The van der Waals surface area contributed by atoms with Crippen molar-refractivity contribution in [3.63, 3.8) is 0 Å². The Morgan fingerprint density at radius 1 is 1.06 bits per heavy atom. The summed E-state index contributed by atoms with van der Waals surface area (Å²) in [5.74, 6) is -0.327. The van der Waals surface area contributed by atoms with E-state index in [0.717, 1.165) is 28.3 Å². The quantitative estimate of drug-likeness (QED) is 0.683. The molecule has 1 N–H and O–H groups in total. The third-order valence-corrected chi connectivity index (χ3v) is 6.65. The number of thioether (sulfide) groups is 1. The number of para-hydroxylation sites is 2. The van der Waals surface area contributed by atoms with Gasteiger partial charge in [0.1, 0.15) is 0 Å². The third kappa shape index (κ3) is 3.34. The van der Waals surface area contributed by atoms with Crippen molar-refractivity contribution in [2.75, 3.05) is 7.05 Å². The van der Waals surface area contributed by atoms with Crippen LogP contribution in [0.25, 0.3) is 11.0 Å². The van der Waals surface area contributed by atoms with E-state index in [-0.39, 0.29) is 5.91 Å². The standard InChI is InChI=1S/C22H22N6O2S/c1-3-27-16-12-8-7-11-15(16)23-21(27)31-22-24-18-17(19(29)25-20(30)26(18)2)28(22)13-14-9-5-4-6-10-14/h4-12,17-18H,3,13H2,1-2H3,(H,25,29,30). The van der Waals surface area contributed by atoms with Gasteiger partial charge in [0, 0.05) is 20.1 Å². The van der Waals surface area contributed by atoms with Gasteiger partial charge in [-0.3, -0.25) is 10.1 Å². The predicted molar refractivity (Wildman–Crippen MR) is 120 cm³/mol. The van der Waals surface area contributed by atoms with Gasteiger partial charge in [0.2, 0.25) is 0 Å². The van der Waals surface area contributed by atoms with E-state index in [4.69, 9.17) is 9.98 Å². The molecule has 0 bridgehead atoms. The number of nitrogens with one attached hydrogen (secondary N) is 1. The summed E-state index contributed by atoms with van der Waals surface area (Å²) in [6.45, 7) is 3.35. The highest BCUT2D eigenvalue weighted by atomic mass is 32.2. The highest BCUT2D eigenvalue weighted by Gasteiger charge is 2.48. The lowest BCUT2D eigenvalue weighted by atomic mass is 10.1. The molecule has 1 fully saturated rings. The van der Waals surface area contributed by atoms with Crippen molar-refractivity contribution in [2.24, 2.45) is 4.99 Å². The normalized spacial score (nSPS) is 20.8. The third-order valence-electron chi connectivity index (χ3n) is 5.64. The molecule has 0 spiro atoms. The lowest BCUT2D eigenvalue weighted by Crippen LogP contribution is -2.63. The molecule has 1 aromatic heterocycles. The predicted octanol–water partition coefficient (Wildman–Crippen LogP) is 2.90. The Hall–Kier alpha value is -3.33. The van der Waals surface area contributed by atoms with E-state index in [0.29, 0.717) is 11.7 Å². The number of carbonyl (C=O) groups excluding carboxylic acids is 2. The van der Waals surface area contributed by atoms with Crippen LogP contribution < -0.4 is 5.32 Å². The maximum Gasteiger partial charge on any atom is 0.325 e. The summed E-state index contributed by atoms with van der Waals surface area (Å²) in [6.07, 6.45) is -0.563. The van der Waals surface area contributed by atoms with Gasteiger partial charge in [-0.2, -0.15) is 0 Å². The summed E-state index contributed by atoms with van der Waals surface area (Å²) in [5, 5.41) is 3.94. The van der Waals surface area contributed by atoms with Gasteiger partial charge < -0.3 is 14.4 Å². The zero-order valence-corrected chi connectivity index (χ0v) is 18.0. The molecule has 31 heavy (non-hydrogen) atoms.